The molecule has 0 aliphatic heterocycles. The predicted molar refractivity (Wildman–Crippen MR) is 72.8 cm³/mol. The van der Waals surface area contributed by atoms with Crippen molar-refractivity contribution in [3.8, 4) is 11.4 Å². The third-order valence-corrected chi connectivity index (χ3v) is 1.82. The normalized spacial score (nSPS) is 8.29. The van der Waals surface area contributed by atoms with E-state index >= 15 is 0 Å². The fourth-order valence-corrected chi connectivity index (χ4v) is 1.17. The van der Waals surface area contributed by atoms with Gasteiger partial charge in [0, 0.05) is 18.5 Å². The van der Waals surface area contributed by atoms with Crippen LogP contribution in [0, 0.1) is 0 Å². The zero-order valence-corrected chi connectivity index (χ0v) is 11.3. The van der Waals surface area contributed by atoms with E-state index in [4.69, 9.17) is 4.74 Å². The Bertz CT molecular complexity index is 383. The van der Waals surface area contributed by atoms with Crippen molar-refractivity contribution in [2.24, 2.45) is 0 Å². The molecule has 1 aromatic carbocycles. The van der Waals surface area contributed by atoms with Crippen molar-refractivity contribution in [3.05, 3.63) is 42.7 Å². The average Bonchev–Trinajstić information content (AvgIpc) is 2.97. The fraction of sp³-hybridized carbons (Fsp3) is 0.357. The molecule has 17 heavy (non-hydrogen) atoms. The third-order valence-electron chi connectivity index (χ3n) is 1.82. The summed E-state index contributed by atoms with van der Waals surface area (Å²) in [4.78, 5) is 0. The minimum atomic E-state index is 0.841. The summed E-state index contributed by atoms with van der Waals surface area (Å²) in [6.07, 6.45) is 3.65. The van der Waals surface area contributed by atoms with Crippen molar-refractivity contribution in [2.75, 3.05) is 7.11 Å². The van der Waals surface area contributed by atoms with Gasteiger partial charge in [-0.3, -0.25) is 0 Å². The smallest absolute Gasteiger partial charge is 0.121 e. The lowest BCUT2D eigenvalue weighted by molar-refractivity contribution is 0.414. The molecular weight excluding hydrogens is 212 g/mol. The molecule has 0 bridgehead atoms. The van der Waals surface area contributed by atoms with Gasteiger partial charge in [-0.05, 0) is 18.2 Å². The lowest BCUT2D eigenvalue weighted by Crippen LogP contribution is -1.94. The van der Waals surface area contributed by atoms with Gasteiger partial charge in [-0.2, -0.15) is 5.10 Å². The Morgan fingerprint density at radius 3 is 2.29 bits per heavy atom. The summed E-state index contributed by atoms with van der Waals surface area (Å²) in [5.74, 6) is 0.841. The van der Waals surface area contributed by atoms with E-state index in [0.29, 0.717) is 0 Å². The first-order chi connectivity index (χ1) is 8.40. The highest BCUT2D eigenvalue weighted by atomic mass is 16.5. The molecule has 0 N–H and O–H groups in total. The molecule has 0 saturated heterocycles. The number of nitrogens with zero attached hydrogens (tertiary/aromatic N) is 2. The lowest BCUT2D eigenvalue weighted by atomic mass is 10.3. The molecule has 94 valence electrons. The van der Waals surface area contributed by atoms with Gasteiger partial charge in [0.15, 0.2) is 0 Å². The first kappa shape index (κ1) is 15.2. The molecule has 0 fully saturated rings. The summed E-state index contributed by atoms with van der Waals surface area (Å²) in [6, 6.07) is 9.66. The average molecular weight is 234 g/mol. The van der Waals surface area contributed by atoms with E-state index in [-0.39, 0.29) is 0 Å². The number of methoxy groups -OCH3 is 1. The van der Waals surface area contributed by atoms with Crippen LogP contribution < -0.4 is 4.74 Å². The monoisotopic (exact) mass is 234 g/mol. The molecule has 2 aromatic rings. The number of rotatable bonds is 2. The fourth-order valence-electron chi connectivity index (χ4n) is 1.17. The lowest BCUT2D eigenvalue weighted by Gasteiger charge is -2.03. The first-order valence-corrected chi connectivity index (χ1v) is 6.04. The Kier molecular flexibility index (Phi) is 8.47. The highest BCUT2D eigenvalue weighted by molar-refractivity contribution is 5.38. The van der Waals surface area contributed by atoms with E-state index in [1.165, 1.54) is 0 Å². The standard InChI is InChI=1S/C10H10N2O.2C2H6/c1-13-10-5-2-4-9(8-10)12-7-3-6-11-12;2*1-2/h2-8H,1H3;2*1-2H3. The second kappa shape index (κ2) is 9.46. The molecule has 0 amide bonds. The van der Waals surface area contributed by atoms with Crippen LogP contribution in [0.1, 0.15) is 27.7 Å². The van der Waals surface area contributed by atoms with Gasteiger partial charge in [0.05, 0.1) is 12.8 Å². The quantitative estimate of drug-likeness (QED) is 0.787. The highest BCUT2D eigenvalue weighted by Gasteiger charge is 1.96. The topological polar surface area (TPSA) is 27.1 Å². The second-order valence-corrected chi connectivity index (χ2v) is 2.65. The van der Waals surface area contributed by atoms with Crippen molar-refractivity contribution in [1.29, 1.82) is 0 Å². The van der Waals surface area contributed by atoms with Gasteiger partial charge in [0.1, 0.15) is 5.75 Å². The molecule has 1 heterocycles. The maximum Gasteiger partial charge on any atom is 0.121 e. The summed E-state index contributed by atoms with van der Waals surface area (Å²) < 4.78 is 6.91. The Balaban J connectivity index is 0.000000581. The van der Waals surface area contributed by atoms with Crippen molar-refractivity contribution < 1.29 is 4.74 Å². The molecule has 2 rings (SSSR count). The molecule has 0 radical (unpaired) electrons. The van der Waals surface area contributed by atoms with Crippen molar-refractivity contribution in [2.45, 2.75) is 27.7 Å². The molecule has 3 nitrogen and oxygen atoms in total. The Hall–Kier alpha value is -1.77. The first-order valence-electron chi connectivity index (χ1n) is 6.04. The van der Waals surface area contributed by atoms with E-state index in [2.05, 4.69) is 5.10 Å². The van der Waals surface area contributed by atoms with Crippen LogP contribution in [-0.4, -0.2) is 16.9 Å². The maximum absolute atomic E-state index is 5.11. The molecular formula is C14H22N2O. The van der Waals surface area contributed by atoms with E-state index in [0.717, 1.165) is 11.4 Å². The van der Waals surface area contributed by atoms with Crippen molar-refractivity contribution in [1.82, 2.24) is 9.78 Å². The van der Waals surface area contributed by atoms with E-state index in [9.17, 15) is 0 Å². The van der Waals surface area contributed by atoms with Gasteiger partial charge >= 0.3 is 0 Å². The molecule has 1 aromatic heterocycles. The van der Waals surface area contributed by atoms with E-state index in [1.54, 1.807) is 18.0 Å². The van der Waals surface area contributed by atoms with E-state index < -0.39 is 0 Å². The van der Waals surface area contributed by atoms with Gasteiger partial charge < -0.3 is 4.74 Å². The summed E-state index contributed by atoms with van der Waals surface area (Å²) in [5, 5.41) is 4.12. The van der Waals surface area contributed by atoms with Gasteiger partial charge in [-0.25, -0.2) is 4.68 Å². The number of hydrogen-bond donors (Lipinski definition) is 0. The number of hydrogen-bond acceptors (Lipinski definition) is 2. The van der Waals surface area contributed by atoms with E-state index in [1.807, 2.05) is 64.2 Å². The van der Waals surface area contributed by atoms with Crippen LogP contribution >= 0.6 is 0 Å². The van der Waals surface area contributed by atoms with Crippen LogP contribution in [0.5, 0.6) is 5.75 Å². The number of benzene rings is 1. The van der Waals surface area contributed by atoms with Crippen molar-refractivity contribution in [3.63, 3.8) is 0 Å². The second-order valence-electron chi connectivity index (χ2n) is 2.65. The summed E-state index contributed by atoms with van der Waals surface area (Å²) in [5.41, 5.74) is 1.00. The molecule has 0 aliphatic rings. The van der Waals surface area contributed by atoms with Crippen LogP contribution in [0.2, 0.25) is 0 Å². The predicted octanol–water partition coefficient (Wildman–Crippen LogP) is 3.93. The number of ether oxygens (including phenoxy) is 1. The maximum atomic E-state index is 5.11. The molecule has 0 atom stereocenters. The summed E-state index contributed by atoms with van der Waals surface area (Å²) in [6.45, 7) is 8.00. The molecule has 3 heteroatoms. The Morgan fingerprint density at radius 2 is 1.76 bits per heavy atom. The third kappa shape index (κ3) is 4.72. The van der Waals surface area contributed by atoms with Gasteiger partial charge in [0.2, 0.25) is 0 Å². The van der Waals surface area contributed by atoms with Gasteiger partial charge in [-0.15, -0.1) is 0 Å². The summed E-state index contributed by atoms with van der Waals surface area (Å²) >= 11 is 0. The summed E-state index contributed by atoms with van der Waals surface area (Å²) in [7, 11) is 1.65. The van der Waals surface area contributed by atoms with Crippen molar-refractivity contribution >= 4 is 0 Å². The van der Waals surface area contributed by atoms with Crippen LogP contribution in [0.3, 0.4) is 0 Å². The Labute approximate surface area is 104 Å². The molecule has 0 spiro atoms. The zero-order chi connectivity index (χ0) is 13.1. The largest absolute Gasteiger partial charge is 0.497 e. The molecule has 0 unspecified atom stereocenters. The molecule has 0 aliphatic carbocycles. The van der Waals surface area contributed by atoms with Crippen LogP contribution in [0.15, 0.2) is 42.7 Å². The minimum Gasteiger partial charge on any atom is -0.497 e. The minimum absolute atomic E-state index is 0.841. The molecule has 0 saturated carbocycles. The van der Waals surface area contributed by atoms with Gasteiger partial charge in [-0.1, -0.05) is 33.8 Å². The van der Waals surface area contributed by atoms with Crippen LogP contribution in [-0.2, 0) is 0 Å². The van der Waals surface area contributed by atoms with Crippen LogP contribution in [0.4, 0.5) is 0 Å². The van der Waals surface area contributed by atoms with Crippen LogP contribution in [0.25, 0.3) is 5.69 Å². The highest BCUT2D eigenvalue weighted by Crippen LogP contribution is 2.14. The SMILES string of the molecule is CC.CC.COc1cccc(-n2cccn2)c1. The number of aromatic nitrogens is 2. The Morgan fingerprint density at radius 1 is 1.06 bits per heavy atom. The van der Waals surface area contributed by atoms with Gasteiger partial charge in [0.25, 0.3) is 0 Å². The zero-order valence-electron chi connectivity index (χ0n) is 11.3.